The van der Waals surface area contributed by atoms with Crippen molar-refractivity contribution >= 4 is 17.8 Å². The van der Waals surface area contributed by atoms with E-state index in [0.717, 1.165) is 0 Å². The fourth-order valence-corrected chi connectivity index (χ4v) is 2.49. The molecule has 4 amide bonds. The molecule has 2 rings (SSSR count). The number of nitrogens with one attached hydrogen (secondary N) is 1. The van der Waals surface area contributed by atoms with E-state index in [1.807, 2.05) is 0 Å². The highest BCUT2D eigenvalue weighted by molar-refractivity contribution is 5.91. The van der Waals surface area contributed by atoms with Gasteiger partial charge in [-0.05, 0) is 18.6 Å². The van der Waals surface area contributed by atoms with Crippen molar-refractivity contribution in [3.8, 4) is 0 Å². The molecule has 1 aliphatic rings. The summed E-state index contributed by atoms with van der Waals surface area (Å²) in [5.41, 5.74) is 0. The molecule has 24 heavy (non-hydrogen) atoms. The van der Waals surface area contributed by atoms with Crippen LogP contribution >= 0.6 is 0 Å². The van der Waals surface area contributed by atoms with E-state index in [2.05, 4.69) is 5.32 Å². The zero-order valence-electron chi connectivity index (χ0n) is 14.2. The molecule has 8 heteroatoms. The Hall–Kier alpha value is -2.51. The van der Waals surface area contributed by atoms with E-state index in [-0.39, 0.29) is 24.3 Å². The Kier molecular flexibility index (Phi) is 6.22. The second-order valence-corrected chi connectivity index (χ2v) is 5.88. The molecule has 1 aliphatic heterocycles. The largest absolute Gasteiger partial charge is 0.459 e. The Balaban J connectivity index is 1.79. The van der Waals surface area contributed by atoms with Crippen LogP contribution in [0.25, 0.3) is 0 Å². The first-order valence-corrected chi connectivity index (χ1v) is 8.04. The summed E-state index contributed by atoms with van der Waals surface area (Å²) in [6.07, 6.45) is 2.45. The van der Waals surface area contributed by atoms with E-state index >= 15 is 0 Å². The van der Waals surface area contributed by atoms with Gasteiger partial charge in [0.2, 0.25) is 5.91 Å². The average molecular weight is 336 g/mol. The van der Waals surface area contributed by atoms with Crippen molar-refractivity contribution < 1.29 is 18.8 Å². The fraction of sp³-hybridized carbons (Fsp3) is 0.562. The Bertz CT molecular complexity index is 571. The van der Waals surface area contributed by atoms with Gasteiger partial charge in [-0.25, -0.2) is 4.79 Å². The van der Waals surface area contributed by atoms with Crippen LogP contribution in [0.15, 0.2) is 22.8 Å². The lowest BCUT2D eigenvalue weighted by Gasteiger charge is -2.22. The smallest absolute Gasteiger partial charge is 0.317 e. The summed E-state index contributed by atoms with van der Waals surface area (Å²) < 4.78 is 5.14. The van der Waals surface area contributed by atoms with E-state index in [1.54, 1.807) is 36.0 Å². The van der Waals surface area contributed by atoms with Crippen LogP contribution in [0.3, 0.4) is 0 Å². The summed E-state index contributed by atoms with van der Waals surface area (Å²) in [6.45, 7) is 2.39. The molecule has 2 heterocycles. The third-order valence-electron chi connectivity index (χ3n) is 3.92. The highest BCUT2D eigenvalue weighted by Crippen LogP contribution is 2.10. The van der Waals surface area contributed by atoms with Crippen molar-refractivity contribution in [1.29, 1.82) is 0 Å². The van der Waals surface area contributed by atoms with Crippen molar-refractivity contribution in [2.45, 2.75) is 12.8 Å². The number of nitrogens with zero attached hydrogens (tertiary/aromatic N) is 3. The number of hydrogen-bond donors (Lipinski definition) is 1. The molecule has 1 saturated heterocycles. The highest BCUT2D eigenvalue weighted by atomic mass is 16.3. The molecule has 0 saturated carbocycles. The van der Waals surface area contributed by atoms with Crippen LogP contribution in [0, 0.1) is 0 Å². The highest BCUT2D eigenvalue weighted by Gasteiger charge is 2.24. The van der Waals surface area contributed by atoms with Crippen molar-refractivity contribution in [2.75, 3.05) is 46.8 Å². The van der Waals surface area contributed by atoms with Crippen molar-refractivity contribution in [3.63, 3.8) is 0 Å². The molecule has 0 radical (unpaired) electrons. The summed E-state index contributed by atoms with van der Waals surface area (Å²) in [5.74, 6) is 0.135. The van der Waals surface area contributed by atoms with Gasteiger partial charge in [0.15, 0.2) is 5.76 Å². The van der Waals surface area contributed by atoms with Crippen LogP contribution in [0.5, 0.6) is 0 Å². The normalized spacial score (nSPS) is 14.9. The number of hydrogen-bond acceptors (Lipinski definition) is 4. The van der Waals surface area contributed by atoms with Gasteiger partial charge in [-0.1, -0.05) is 0 Å². The number of amides is 4. The molecular weight excluding hydrogens is 312 g/mol. The minimum absolute atomic E-state index is 0.0265. The zero-order chi connectivity index (χ0) is 17.5. The number of carbonyl (C=O) groups excluding carboxylic acids is 3. The molecule has 1 aromatic heterocycles. The number of furan rings is 1. The summed E-state index contributed by atoms with van der Waals surface area (Å²) >= 11 is 0. The van der Waals surface area contributed by atoms with Crippen molar-refractivity contribution in [2.24, 2.45) is 0 Å². The van der Waals surface area contributed by atoms with E-state index in [1.165, 1.54) is 11.2 Å². The molecule has 1 aromatic rings. The number of urea groups is 1. The van der Waals surface area contributed by atoms with Crippen LogP contribution in [0.1, 0.15) is 23.4 Å². The predicted octanol–water partition coefficient (Wildman–Crippen LogP) is 0.615. The standard InChI is InChI=1S/C16H24N4O4/c1-18(2)14(21)6-7-17-16(23)20-9-4-8-19(10-11-20)15(22)13-5-3-12-24-13/h3,5,12H,4,6-11H2,1-2H3,(H,17,23). The van der Waals surface area contributed by atoms with Crippen LogP contribution in [-0.2, 0) is 4.79 Å². The Morgan fingerprint density at radius 3 is 2.54 bits per heavy atom. The lowest BCUT2D eigenvalue weighted by atomic mass is 10.3. The van der Waals surface area contributed by atoms with E-state index in [0.29, 0.717) is 44.9 Å². The first-order valence-electron chi connectivity index (χ1n) is 8.04. The van der Waals surface area contributed by atoms with Gasteiger partial charge in [0, 0.05) is 53.2 Å². The van der Waals surface area contributed by atoms with Gasteiger partial charge in [-0.2, -0.15) is 0 Å². The number of carbonyl (C=O) groups is 3. The van der Waals surface area contributed by atoms with E-state index in [4.69, 9.17) is 4.42 Å². The lowest BCUT2D eigenvalue weighted by Crippen LogP contribution is -2.43. The lowest BCUT2D eigenvalue weighted by molar-refractivity contribution is -0.128. The van der Waals surface area contributed by atoms with Crippen LogP contribution in [0.2, 0.25) is 0 Å². The third kappa shape index (κ3) is 4.74. The minimum Gasteiger partial charge on any atom is -0.459 e. The van der Waals surface area contributed by atoms with E-state index in [9.17, 15) is 14.4 Å². The molecule has 0 bridgehead atoms. The van der Waals surface area contributed by atoms with Crippen molar-refractivity contribution in [3.05, 3.63) is 24.2 Å². The molecule has 0 aliphatic carbocycles. The molecule has 0 aromatic carbocycles. The van der Waals surface area contributed by atoms with Crippen LogP contribution < -0.4 is 5.32 Å². The minimum atomic E-state index is -0.200. The third-order valence-corrected chi connectivity index (χ3v) is 3.92. The molecular formula is C16H24N4O4. The molecule has 0 unspecified atom stereocenters. The SMILES string of the molecule is CN(C)C(=O)CCNC(=O)N1CCCN(C(=O)c2ccco2)CC1. The summed E-state index contributed by atoms with van der Waals surface area (Å²) in [7, 11) is 3.37. The van der Waals surface area contributed by atoms with Crippen LogP contribution in [-0.4, -0.2) is 79.4 Å². The summed E-state index contributed by atoms with van der Waals surface area (Å²) in [6, 6.07) is 3.12. The second-order valence-electron chi connectivity index (χ2n) is 5.88. The first-order chi connectivity index (χ1) is 11.5. The average Bonchev–Trinajstić information content (AvgIpc) is 2.98. The van der Waals surface area contributed by atoms with Gasteiger partial charge in [-0.3, -0.25) is 9.59 Å². The van der Waals surface area contributed by atoms with Gasteiger partial charge >= 0.3 is 6.03 Å². The van der Waals surface area contributed by atoms with Crippen molar-refractivity contribution in [1.82, 2.24) is 20.0 Å². The maximum atomic E-state index is 12.3. The maximum Gasteiger partial charge on any atom is 0.317 e. The van der Waals surface area contributed by atoms with Gasteiger partial charge in [0.25, 0.3) is 5.91 Å². The van der Waals surface area contributed by atoms with Gasteiger partial charge in [-0.15, -0.1) is 0 Å². The first kappa shape index (κ1) is 17.8. The van der Waals surface area contributed by atoms with Gasteiger partial charge in [0.05, 0.1) is 6.26 Å². The number of rotatable bonds is 4. The molecule has 1 N–H and O–H groups in total. The molecule has 0 spiro atoms. The summed E-state index contributed by atoms with van der Waals surface area (Å²) in [4.78, 5) is 40.8. The monoisotopic (exact) mass is 336 g/mol. The molecule has 132 valence electrons. The molecule has 1 fully saturated rings. The maximum absolute atomic E-state index is 12.3. The molecule has 8 nitrogen and oxygen atoms in total. The molecule has 0 atom stereocenters. The Morgan fingerprint density at radius 1 is 1.17 bits per heavy atom. The fourth-order valence-electron chi connectivity index (χ4n) is 2.49. The van der Waals surface area contributed by atoms with Gasteiger partial charge in [0.1, 0.15) is 0 Å². The Labute approximate surface area is 141 Å². The zero-order valence-corrected chi connectivity index (χ0v) is 14.2. The van der Waals surface area contributed by atoms with Crippen LogP contribution in [0.4, 0.5) is 4.79 Å². The predicted molar refractivity (Wildman–Crippen MR) is 87.5 cm³/mol. The second kappa shape index (κ2) is 8.37. The quantitative estimate of drug-likeness (QED) is 0.873. The van der Waals surface area contributed by atoms with E-state index < -0.39 is 0 Å². The summed E-state index contributed by atoms with van der Waals surface area (Å²) in [5, 5.41) is 2.76. The van der Waals surface area contributed by atoms with Gasteiger partial charge < -0.3 is 24.4 Å². The topological polar surface area (TPSA) is 86.1 Å². The Morgan fingerprint density at radius 2 is 1.88 bits per heavy atom.